The number of rotatable bonds is 3. The molecule has 0 radical (unpaired) electrons. The molecule has 49 heavy (non-hydrogen) atoms. The van der Waals surface area contributed by atoms with Crippen LogP contribution in [-0.2, 0) is 21.7 Å². The molecular formula is C44H32N2O2S. The Morgan fingerprint density at radius 2 is 1.20 bits per heavy atom. The minimum absolute atomic E-state index is 0.120. The zero-order valence-electron chi connectivity index (χ0n) is 27.5. The summed E-state index contributed by atoms with van der Waals surface area (Å²) < 4.78 is 30.7. The average Bonchev–Trinajstić information content (AvgIpc) is 3.61. The molecule has 0 saturated heterocycles. The smallest absolute Gasteiger partial charge is 0.210 e. The summed E-state index contributed by atoms with van der Waals surface area (Å²) in [5.74, 6) is 0.845. The lowest BCUT2D eigenvalue weighted by Crippen LogP contribution is -2.17. The zero-order chi connectivity index (χ0) is 33.2. The van der Waals surface area contributed by atoms with Crippen LogP contribution in [0.4, 0.5) is 0 Å². The summed E-state index contributed by atoms with van der Waals surface area (Å²) in [6.45, 7) is 6.72. The quantitative estimate of drug-likeness (QED) is 0.179. The maximum absolute atomic E-state index is 14.3. The molecule has 0 unspecified atom stereocenters. The molecule has 0 spiro atoms. The second-order valence-corrected chi connectivity index (χ2v) is 15.7. The third-order valence-electron chi connectivity index (χ3n) is 10.9. The van der Waals surface area contributed by atoms with Crippen LogP contribution in [0.5, 0.6) is 0 Å². The lowest BCUT2D eigenvalue weighted by Gasteiger charge is -2.26. The van der Waals surface area contributed by atoms with Crippen molar-refractivity contribution in [2.24, 2.45) is 0 Å². The number of hydrogen-bond donors (Lipinski definition) is 0. The van der Waals surface area contributed by atoms with E-state index in [0.29, 0.717) is 32.9 Å². The molecule has 7 aromatic carbocycles. The summed E-state index contributed by atoms with van der Waals surface area (Å²) in [6.07, 6.45) is 0.668. The van der Waals surface area contributed by atoms with Crippen LogP contribution in [0.3, 0.4) is 0 Å². The molecule has 0 bridgehead atoms. The second-order valence-electron chi connectivity index (χ2n) is 13.8. The largest absolute Gasteiger partial charge is 0.293 e. The van der Waals surface area contributed by atoms with Gasteiger partial charge in [-0.1, -0.05) is 124 Å². The standard InChI is InChI=1S/C44H32N2O2S/c1-4-39-45-36-20-12-22-38-43(36)46(39)42-33(18-11-21-37(42)49(38,47)48)41-31-16-7-5-14-29(31)40(30-15-6-8-17-32(30)41)26-23-24-28-27-13-9-10-19-34(27)44(2,3)35(28)25-26/h5-25H,4H2,1-3H3. The number of fused-ring (bicyclic) bond motifs is 7. The molecule has 5 heteroatoms. The van der Waals surface area contributed by atoms with E-state index in [-0.39, 0.29) is 5.41 Å². The molecule has 1 aliphatic carbocycles. The first-order valence-electron chi connectivity index (χ1n) is 16.9. The van der Waals surface area contributed by atoms with Crippen molar-refractivity contribution >= 4 is 42.4 Å². The lowest BCUT2D eigenvalue weighted by atomic mass is 9.80. The van der Waals surface area contributed by atoms with Gasteiger partial charge in [0.2, 0.25) is 9.84 Å². The molecule has 0 N–H and O–H groups in total. The van der Waals surface area contributed by atoms with Crippen LogP contribution < -0.4 is 0 Å². The lowest BCUT2D eigenvalue weighted by molar-refractivity contribution is 0.594. The maximum atomic E-state index is 14.3. The predicted molar refractivity (Wildman–Crippen MR) is 199 cm³/mol. The monoisotopic (exact) mass is 652 g/mol. The van der Waals surface area contributed by atoms with Crippen molar-refractivity contribution in [3.05, 3.63) is 144 Å². The zero-order valence-corrected chi connectivity index (χ0v) is 28.3. The van der Waals surface area contributed by atoms with Gasteiger partial charge in [0, 0.05) is 17.4 Å². The summed E-state index contributed by atoms with van der Waals surface area (Å²) in [5, 5.41) is 4.43. The van der Waals surface area contributed by atoms with E-state index < -0.39 is 9.84 Å². The van der Waals surface area contributed by atoms with Crippen molar-refractivity contribution in [1.29, 1.82) is 0 Å². The van der Waals surface area contributed by atoms with Crippen molar-refractivity contribution in [1.82, 2.24) is 9.55 Å². The van der Waals surface area contributed by atoms with Gasteiger partial charge in [-0.2, -0.15) is 0 Å². The van der Waals surface area contributed by atoms with Crippen LogP contribution in [0, 0.1) is 0 Å². The fourth-order valence-electron chi connectivity index (χ4n) is 8.72. The summed E-state index contributed by atoms with van der Waals surface area (Å²) in [7, 11) is -3.79. The first kappa shape index (κ1) is 28.5. The summed E-state index contributed by atoms with van der Waals surface area (Å²) in [6, 6.07) is 44.0. The Bertz CT molecular complexity index is 2800. The number of benzene rings is 7. The van der Waals surface area contributed by atoms with Gasteiger partial charge in [0.25, 0.3) is 0 Å². The Hall–Kier alpha value is -5.52. The van der Waals surface area contributed by atoms with Gasteiger partial charge in [0.1, 0.15) is 5.82 Å². The molecule has 0 fully saturated rings. The van der Waals surface area contributed by atoms with Crippen LogP contribution in [0.1, 0.15) is 37.7 Å². The normalized spacial score (nSPS) is 15.0. The fourth-order valence-corrected chi connectivity index (χ4v) is 10.4. The predicted octanol–water partition coefficient (Wildman–Crippen LogP) is 10.7. The SMILES string of the molecule is CCc1nc2cccc3c2n1-c1c(-c2c4ccccc4c(-c4ccc5c(c4)C(C)(C)c4ccccc4-5)c4ccccc24)cccc1S3(=O)=O. The number of nitrogens with zero attached hydrogens (tertiary/aromatic N) is 2. The van der Waals surface area contributed by atoms with Gasteiger partial charge in [-0.05, 0) is 84.8 Å². The molecule has 2 aliphatic rings. The molecular weight excluding hydrogens is 621 g/mol. The topological polar surface area (TPSA) is 52.0 Å². The van der Waals surface area contributed by atoms with Crippen LogP contribution >= 0.6 is 0 Å². The Morgan fingerprint density at radius 3 is 1.92 bits per heavy atom. The van der Waals surface area contributed by atoms with E-state index in [1.807, 2.05) is 12.1 Å². The van der Waals surface area contributed by atoms with Crippen LogP contribution in [-0.4, -0.2) is 18.0 Å². The summed E-state index contributed by atoms with van der Waals surface area (Å²) in [5.41, 5.74) is 11.5. The number of aromatic nitrogens is 2. The Labute approximate surface area is 285 Å². The highest BCUT2D eigenvalue weighted by Gasteiger charge is 2.37. The van der Waals surface area contributed by atoms with Crippen LogP contribution in [0.15, 0.2) is 137 Å². The molecule has 0 atom stereocenters. The van der Waals surface area contributed by atoms with E-state index in [1.54, 1.807) is 18.2 Å². The molecule has 10 rings (SSSR count). The molecule has 1 aromatic heterocycles. The van der Waals surface area contributed by atoms with Gasteiger partial charge < -0.3 is 0 Å². The van der Waals surface area contributed by atoms with E-state index >= 15 is 0 Å². The minimum Gasteiger partial charge on any atom is -0.293 e. The van der Waals surface area contributed by atoms with Crippen LogP contribution in [0.2, 0.25) is 0 Å². The second kappa shape index (κ2) is 9.77. The van der Waals surface area contributed by atoms with Gasteiger partial charge in [-0.25, -0.2) is 13.4 Å². The molecule has 0 amide bonds. The van der Waals surface area contributed by atoms with Crippen molar-refractivity contribution in [3.8, 4) is 39.1 Å². The number of hydrogen-bond acceptors (Lipinski definition) is 3. The third-order valence-corrected chi connectivity index (χ3v) is 12.7. The highest BCUT2D eigenvalue weighted by molar-refractivity contribution is 7.92. The van der Waals surface area contributed by atoms with Gasteiger partial charge in [-0.3, -0.25) is 4.57 Å². The Morgan fingerprint density at radius 1 is 0.612 bits per heavy atom. The van der Waals surface area contributed by atoms with Gasteiger partial charge in [0.15, 0.2) is 0 Å². The van der Waals surface area contributed by atoms with Gasteiger partial charge in [-0.15, -0.1) is 0 Å². The molecule has 4 nitrogen and oxygen atoms in total. The maximum Gasteiger partial charge on any atom is 0.210 e. The van der Waals surface area contributed by atoms with E-state index in [0.717, 1.165) is 38.5 Å². The Kier molecular flexibility index (Phi) is 5.68. The highest BCUT2D eigenvalue weighted by atomic mass is 32.2. The van der Waals surface area contributed by atoms with Crippen molar-refractivity contribution in [2.45, 2.75) is 42.4 Å². The van der Waals surface area contributed by atoms with E-state index in [2.05, 4.69) is 122 Å². The van der Waals surface area contributed by atoms with E-state index in [4.69, 9.17) is 4.98 Å². The first-order chi connectivity index (χ1) is 23.8. The van der Waals surface area contributed by atoms with E-state index in [1.165, 1.54) is 33.4 Å². The van der Waals surface area contributed by atoms with Crippen molar-refractivity contribution in [2.75, 3.05) is 0 Å². The highest BCUT2D eigenvalue weighted by Crippen LogP contribution is 2.52. The third kappa shape index (κ3) is 3.63. The van der Waals surface area contributed by atoms with Crippen molar-refractivity contribution < 1.29 is 8.42 Å². The molecule has 8 aromatic rings. The Balaban J connectivity index is 1.31. The fraction of sp³-hybridized carbons (Fsp3) is 0.114. The number of imidazole rings is 1. The first-order valence-corrected chi connectivity index (χ1v) is 18.4. The summed E-state index contributed by atoms with van der Waals surface area (Å²) in [4.78, 5) is 5.56. The molecule has 1 aliphatic heterocycles. The van der Waals surface area contributed by atoms with Crippen LogP contribution in [0.25, 0.3) is 71.6 Å². The minimum atomic E-state index is -3.79. The molecule has 0 saturated carbocycles. The average molecular weight is 653 g/mol. The number of para-hydroxylation sites is 2. The van der Waals surface area contributed by atoms with Gasteiger partial charge >= 0.3 is 0 Å². The number of aryl methyl sites for hydroxylation is 1. The molecule has 2 heterocycles. The van der Waals surface area contributed by atoms with Crippen molar-refractivity contribution in [3.63, 3.8) is 0 Å². The van der Waals surface area contributed by atoms with E-state index in [9.17, 15) is 8.42 Å². The van der Waals surface area contributed by atoms with Gasteiger partial charge in [0.05, 0.1) is 26.5 Å². The summed E-state index contributed by atoms with van der Waals surface area (Å²) >= 11 is 0. The number of sulfone groups is 1. The molecule has 236 valence electrons.